The van der Waals surface area contributed by atoms with E-state index in [2.05, 4.69) is 35.2 Å². The smallest absolute Gasteiger partial charge is 0.124 e. The Labute approximate surface area is 103 Å². The number of nitrogens with one attached hydrogen (secondary N) is 1. The second-order valence-corrected chi connectivity index (χ2v) is 3.99. The molecule has 0 saturated carbocycles. The minimum Gasteiger partial charge on any atom is -0.303 e. The third kappa shape index (κ3) is 4.17. The highest BCUT2D eigenvalue weighted by Crippen LogP contribution is 2.09. The monoisotopic (exact) mass is 235 g/mol. The molecule has 0 aliphatic carbocycles. The predicted octanol–water partition coefficient (Wildman–Crippen LogP) is 0.916. The van der Waals surface area contributed by atoms with Crippen molar-refractivity contribution in [3.63, 3.8) is 0 Å². The molecule has 1 aromatic rings. The zero-order chi connectivity index (χ0) is 12.7. The first-order valence-electron chi connectivity index (χ1n) is 6.05. The van der Waals surface area contributed by atoms with Gasteiger partial charge in [-0.15, -0.1) is 0 Å². The van der Waals surface area contributed by atoms with E-state index in [0.717, 1.165) is 31.7 Å². The molecule has 0 aromatic carbocycles. The normalized spacial score (nSPS) is 12.6. The number of rotatable bonds is 7. The lowest BCUT2D eigenvalue weighted by atomic mass is 10.2. The van der Waals surface area contributed by atoms with Crippen molar-refractivity contribution in [2.75, 3.05) is 26.2 Å². The summed E-state index contributed by atoms with van der Waals surface area (Å²) in [6, 6.07) is 1.99. The van der Waals surface area contributed by atoms with Crippen molar-refractivity contribution in [1.29, 1.82) is 5.26 Å². The number of likely N-dealkylation sites (N-methyl/N-ethyl adjacent to an activating group) is 1. The second-order valence-electron chi connectivity index (χ2n) is 3.99. The maximum Gasteiger partial charge on any atom is 0.124 e. The summed E-state index contributed by atoms with van der Waals surface area (Å²) < 4.78 is 1.71. The number of nitrogens with zero attached hydrogens (tertiary/aromatic N) is 4. The molecule has 1 heterocycles. The molecule has 1 atom stereocenters. The quantitative estimate of drug-likeness (QED) is 0.763. The summed E-state index contributed by atoms with van der Waals surface area (Å²) in [7, 11) is 1.85. The van der Waals surface area contributed by atoms with Crippen LogP contribution in [0.1, 0.15) is 25.5 Å². The summed E-state index contributed by atoms with van der Waals surface area (Å²) in [5.41, 5.74) is 0.926. The van der Waals surface area contributed by atoms with Gasteiger partial charge in [0.2, 0.25) is 0 Å². The number of aromatic nitrogens is 2. The van der Waals surface area contributed by atoms with E-state index in [0.29, 0.717) is 0 Å². The molecule has 1 N–H and O–H groups in total. The lowest BCUT2D eigenvalue weighted by Gasteiger charge is -2.19. The van der Waals surface area contributed by atoms with Crippen LogP contribution in [-0.4, -0.2) is 40.9 Å². The van der Waals surface area contributed by atoms with E-state index in [1.807, 2.05) is 13.2 Å². The maximum absolute atomic E-state index is 9.11. The largest absolute Gasteiger partial charge is 0.303 e. The van der Waals surface area contributed by atoms with Crippen molar-refractivity contribution < 1.29 is 0 Å². The number of hydrogen-bond donors (Lipinski definition) is 1. The number of nitriles is 1. The number of aryl methyl sites for hydroxylation is 1. The SMILES string of the molecule is CCN(CC)CCNC(C#N)c1cnn(C)c1. The molecule has 0 fully saturated rings. The van der Waals surface area contributed by atoms with Crippen molar-refractivity contribution >= 4 is 0 Å². The van der Waals surface area contributed by atoms with E-state index in [9.17, 15) is 0 Å². The Morgan fingerprint density at radius 2 is 2.24 bits per heavy atom. The predicted molar refractivity (Wildman–Crippen MR) is 67.4 cm³/mol. The van der Waals surface area contributed by atoms with E-state index in [-0.39, 0.29) is 6.04 Å². The third-order valence-corrected chi connectivity index (χ3v) is 2.86. The summed E-state index contributed by atoms with van der Waals surface area (Å²) >= 11 is 0. The Hall–Kier alpha value is -1.38. The molecular weight excluding hydrogens is 214 g/mol. The molecule has 0 radical (unpaired) electrons. The number of hydrogen-bond acceptors (Lipinski definition) is 4. The van der Waals surface area contributed by atoms with Crippen LogP contribution < -0.4 is 5.32 Å². The van der Waals surface area contributed by atoms with Crippen LogP contribution in [0.3, 0.4) is 0 Å². The van der Waals surface area contributed by atoms with Crippen LogP contribution in [-0.2, 0) is 7.05 Å². The van der Waals surface area contributed by atoms with Crippen LogP contribution in [0.25, 0.3) is 0 Å². The van der Waals surface area contributed by atoms with E-state index >= 15 is 0 Å². The molecule has 0 aliphatic rings. The fraction of sp³-hybridized carbons (Fsp3) is 0.667. The van der Waals surface area contributed by atoms with Crippen LogP contribution in [0.5, 0.6) is 0 Å². The molecule has 5 nitrogen and oxygen atoms in total. The zero-order valence-electron chi connectivity index (χ0n) is 10.8. The summed E-state index contributed by atoms with van der Waals surface area (Å²) in [5, 5.41) is 16.4. The second kappa shape index (κ2) is 7.05. The maximum atomic E-state index is 9.11. The van der Waals surface area contributed by atoms with Gasteiger partial charge in [0.05, 0.1) is 12.3 Å². The molecule has 0 bridgehead atoms. The van der Waals surface area contributed by atoms with Crippen molar-refractivity contribution in [2.24, 2.45) is 7.05 Å². The lowest BCUT2D eigenvalue weighted by molar-refractivity contribution is 0.300. The molecule has 5 heteroatoms. The zero-order valence-corrected chi connectivity index (χ0v) is 10.8. The molecule has 0 amide bonds. The van der Waals surface area contributed by atoms with Gasteiger partial charge in [0.1, 0.15) is 6.04 Å². The van der Waals surface area contributed by atoms with Crippen molar-refractivity contribution in [3.8, 4) is 6.07 Å². The van der Waals surface area contributed by atoms with Crippen molar-refractivity contribution in [2.45, 2.75) is 19.9 Å². The summed E-state index contributed by atoms with van der Waals surface area (Å²) in [5.74, 6) is 0. The van der Waals surface area contributed by atoms with E-state index in [1.54, 1.807) is 10.9 Å². The molecule has 0 aliphatic heterocycles. The molecule has 17 heavy (non-hydrogen) atoms. The summed E-state index contributed by atoms with van der Waals surface area (Å²) in [6.07, 6.45) is 3.61. The van der Waals surface area contributed by atoms with Crippen molar-refractivity contribution in [3.05, 3.63) is 18.0 Å². The van der Waals surface area contributed by atoms with Gasteiger partial charge < -0.3 is 4.90 Å². The molecule has 0 spiro atoms. The lowest BCUT2D eigenvalue weighted by Crippen LogP contribution is -2.33. The topological polar surface area (TPSA) is 56.9 Å². The summed E-state index contributed by atoms with van der Waals surface area (Å²) in [6.45, 7) is 8.16. The van der Waals surface area contributed by atoms with Crippen LogP contribution in [0.2, 0.25) is 0 Å². The Kier molecular flexibility index (Phi) is 5.67. The van der Waals surface area contributed by atoms with Gasteiger partial charge in [0, 0.05) is 31.9 Å². The Balaban J connectivity index is 2.41. The minimum absolute atomic E-state index is 0.265. The van der Waals surface area contributed by atoms with Crippen LogP contribution in [0.15, 0.2) is 12.4 Å². The first-order chi connectivity index (χ1) is 8.21. The van der Waals surface area contributed by atoms with Gasteiger partial charge in [0.15, 0.2) is 0 Å². The minimum atomic E-state index is -0.265. The van der Waals surface area contributed by atoms with Gasteiger partial charge in [-0.2, -0.15) is 10.4 Å². The van der Waals surface area contributed by atoms with E-state index in [1.165, 1.54) is 0 Å². The van der Waals surface area contributed by atoms with E-state index < -0.39 is 0 Å². The van der Waals surface area contributed by atoms with Crippen LogP contribution in [0.4, 0.5) is 0 Å². The van der Waals surface area contributed by atoms with Gasteiger partial charge in [-0.1, -0.05) is 13.8 Å². The average molecular weight is 235 g/mol. The summed E-state index contributed by atoms with van der Waals surface area (Å²) in [4.78, 5) is 2.32. The van der Waals surface area contributed by atoms with Gasteiger partial charge in [-0.3, -0.25) is 10.00 Å². The van der Waals surface area contributed by atoms with E-state index in [4.69, 9.17) is 5.26 Å². The molecule has 94 valence electrons. The van der Waals surface area contributed by atoms with Crippen molar-refractivity contribution in [1.82, 2.24) is 20.0 Å². The molecular formula is C12H21N5. The standard InChI is InChI=1S/C12H21N5/c1-4-17(5-2)7-6-14-12(8-13)11-9-15-16(3)10-11/h9-10,12,14H,4-7H2,1-3H3. The van der Waals surface area contributed by atoms with Crippen LogP contribution in [0, 0.1) is 11.3 Å². The average Bonchev–Trinajstić information content (AvgIpc) is 2.76. The van der Waals surface area contributed by atoms with Gasteiger partial charge in [-0.25, -0.2) is 0 Å². The van der Waals surface area contributed by atoms with Gasteiger partial charge in [0.25, 0.3) is 0 Å². The van der Waals surface area contributed by atoms with Gasteiger partial charge in [-0.05, 0) is 13.1 Å². The fourth-order valence-electron chi connectivity index (χ4n) is 1.73. The van der Waals surface area contributed by atoms with Crippen LogP contribution >= 0.6 is 0 Å². The fourth-order valence-corrected chi connectivity index (χ4v) is 1.73. The first-order valence-corrected chi connectivity index (χ1v) is 6.05. The highest BCUT2D eigenvalue weighted by atomic mass is 15.2. The third-order valence-electron chi connectivity index (χ3n) is 2.86. The highest BCUT2D eigenvalue weighted by molar-refractivity contribution is 5.17. The molecule has 1 aromatic heterocycles. The molecule has 1 unspecified atom stereocenters. The Morgan fingerprint density at radius 3 is 2.71 bits per heavy atom. The molecule has 0 saturated heterocycles. The first kappa shape index (κ1) is 13.7. The van der Waals surface area contributed by atoms with Gasteiger partial charge >= 0.3 is 0 Å². The Bertz CT molecular complexity index is 361. The Morgan fingerprint density at radius 1 is 1.53 bits per heavy atom. The molecule has 1 rings (SSSR count). The highest BCUT2D eigenvalue weighted by Gasteiger charge is 2.11.